The van der Waals surface area contributed by atoms with Gasteiger partial charge < -0.3 is 14.3 Å². The average Bonchev–Trinajstić information content (AvgIpc) is 2.75. The molecule has 2 aromatic rings. The minimum Gasteiger partial charge on any atom is -0.494 e. The lowest BCUT2D eigenvalue weighted by molar-refractivity contribution is 0.218. The fourth-order valence-corrected chi connectivity index (χ4v) is 1.84. The molecule has 1 aromatic carbocycles. The van der Waals surface area contributed by atoms with Crippen molar-refractivity contribution in [2.24, 2.45) is 0 Å². The Bertz CT molecular complexity index is 493. The molecule has 1 heterocycles. The van der Waals surface area contributed by atoms with E-state index >= 15 is 0 Å². The van der Waals surface area contributed by atoms with Crippen molar-refractivity contribution < 1.29 is 14.3 Å². The molecule has 1 N–H and O–H groups in total. The summed E-state index contributed by atoms with van der Waals surface area (Å²) in [7, 11) is 0. The Kier molecular flexibility index (Phi) is 3.71. The van der Waals surface area contributed by atoms with Gasteiger partial charge in [-0.1, -0.05) is 12.1 Å². The van der Waals surface area contributed by atoms with Gasteiger partial charge in [0.15, 0.2) is 5.22 Å². The lowest BCUT2D eigenvalue weighted by atomic mass is 10.0. The molecule has 1 unspecified atom stereocenters. The summed E-state index contributed by atoms with van der Waals surface area (Å²) in [5.74, 6) is 0.726. The second-order valence-electron chi connectivity index (χ2n) is 3.56. The van der Waals surface area contributed by atoms with E-state index < -0.39 is 6.10 Å². The van der Waals surface area contributed by atoms with Crippen molar-refractivity contribution >= 4 is 11.6 Å². The fraction of sp³-hybridized carbons (Fsp3) is 0.231. The molecule has 0 amide bonds. The summed E-state index contributed by atoms with van der Waals surface area (Å²) in [6.07, 6.45) is 0.648. The summed E-state index contributed by atoms with van der Waals surface area (Å²) in [6, 6.07) is 8.93. The van der Waals surface area contributed by atoms with Crippen molar-refractivity contribution in [3.05, 3.63) is 52.9 Å². The number of hydrogen-bond donors (Lipinski definition) is 1. The van der Waals surface area contributed by atoms with Crippen LogP contribution < -0.4 is 4.74 Å². The Morgan fingerprint density at radius 2 is 2.24 bits per heavy atom. The van der Waals surface area contributed by atoms with Crippen LogP contribution in [0.2, 0.25) is 5.22 Å². The van der Waals surface area contributed by atoms with Crippen LogP contribution in [0.5, 0.6) is 5.75 Å². The molecule has 0 fully saturated rings. The zero-order valence-corrected chi connectivity index (χ0v) is 10.1. The maximum atomic E-state index is 10.2. The molecule has 3 nitrogen and oxygen atoms in total. The molecule has 0 aliphatic heterocycles. The second-order valence-corrected chi connectivity index (χ2v) is 3.90. The Labute approximate surface area is 105 Å². The zero-order chi connectivity index (χ0) is 12.3. The Morgan fingerprint density at radius 1 is 1.41 bits per heavy atom. The molecule has 0 saturated heterocycles. The van der Waals surface area contributed by atoms with Crippen LogP contribution in [-0.4, -0.2) is 11.7 Å². The molecule has 17 heavy (non-hydrogen) atoms. The molecule has 0 radical (unpaired) electrons. The van der Waals surface area contributed by atoms with Crippen molar-refractivity contribution in [2.45, 2.75) is 13.0 Å². The van der Waals surface area contributed by atoms with E-state index in [2.05, 4.69) is 0 Å². The van der Waals surface area contributed by atoms with Crippen LogP contribution in [0.15, 0.2) is 41.0 Å². The smallest absolute Gasteiger partial charge is 0.199 e. The molecular formula is C13H13ClO3. The van der Waals surface area contributed by atoms with Gasteiger partial charge in [-0.3, -0.25) is 0 Å². The van der Waals surface area contributed by atoms with Crippen molar-refractivity contribution in [3.8, 4) is 5.75 Å². The van der Waals surface area contributed by atoms with Crippen LogP contribution in [-0.2, 0) is 0 Å². The van der Waals surface area contributed by atoms with Gasteiger partial charge in [0.2, 0.25) is 0 Å². The van der Waals surface area contributed by atoms with E-state index in [9.17, 15) is 5.11 Å². The molecule has 1 atom stereocenters. The van der Waals surface area contributed by atoms with Crippen LogP contribution in [0.25, 0.3) is 0 Å². The van der Waals surface area contributed by atoms with E-state index in [1.807, 2.05) is 25.1 Å². The summed E-state index contributed by atoms with van der Waals surface area (Å²) < 4.78 is 10.3. The third kappa shape index (κ3) is 2.62. The quantitative estimate of drug-likeness (QED) is 0.907. The molecule has 0 aliphatic rings. The molecule has 0 bridgehead atoms. The Hall–Kier alpha value is -1.45. The molecule has 0 saturated carbocycles. The van der Waals surface area contributed by atoms with Gasteiger partial charge in [-0.15, -0.1) is 0 Å². The third-order valence-electron chi connectivity index (χ3n) is 2.43. The largest absolute Gasteiger partial charge is 0.494 e. The van der Waals surface area contributed by atoms with Gasteiger partial charge in [-0.05, 0) is 42.3 Å². The maximum Gasteiger partial charge on any atom is 0.199 e. The van der Waals surface area contributed by atoms with Crippen LogP contribution in [0.3, 0.4) is 0 Å². The first-order valence-electron chi connectivity index (χ1n) is 5.36. The first-order chi connectivity index (χ1) is 8.22. The number of aliphatic hydroxyl groups is 1. The van der Waals surface area contributed by atoms with Gasteiger partial charge in [-0.25, -0.2) is 0 Å². The van der Waals surface area contributed by atoms with Gasteiger partial charge in [0, 0.05) is 5.56 Å². The van der Waals surface area contributed by atoms with Crippen molar-refractivity contribution in [1.29, 1.82) is 0 Å². The van der Waals surface area contributed by atoms with E-state index in [0.717, 1.165) is 11.3 Å². The van der Waals surface area contributed by atoms with Crippen LogP contribution in [0.4, 0.5) is 0 Å². The molecule has 0 spiro atoms. The monoisotopic (exact) mass is 252 g/mol. The van der Waals surface area contributed by atoms with Gasteiger partial charge in [0.05, 0.1) is 12.9 Å². The highest BCUT2D eigenvalue weighted by molar-refractivity contribution is 6.29. The molecule has 90 valence electrons. The first-order valence-corrected chi connectivity index (χ1v) is 5.74. The number of ether oxygens (including phenoxy) is 1. The third-order valence-corrected chi connectivity index (χ3v) is 2.73. The van der Waals surface area contributed by atoms with Gasteiger partial charge in [0.1, 0.15) is 11.9 Å². The predicted octanol–water partition coefficient (Wildman–Crippen LogP) is 3.41. The number of benzene rings is 1. The van der Waals surface area contributed by atoms with Gasteiger partial charge >= 0.3 is 0 Å². The SMILES string of the molecule is CCOc1cccc(C(O)c2ccoc2Cl)c1. The lowest BCUT2D eigenvalue weighted by Crippen LogP contribution is -2.00. The summed E-state index contributed by atoms with van der Waals surface area (Å²) in [6.45, 7) is 2.50. The van der Waals surface area contributed by atoms with E-state index in [-0.39, 0.29) is 5.22 Å². The first kappa shape index (κ1) is 12.0. The van der Waals surface area contributed by atoms with E-state index in [0.29, 0.717) is 12.2 Å². The molecular weight excluding hydrogens is 240 g/mol. The highest BCUT2D eigenvalue weighted by Gasteiger charge is 2.16. The Morgan fingerprint density at radius 3 is 2.88 bits per heavy atom. The highest BCUT2D eigenvalue weighted by Crippen LogP contribution is 2.30. The number of furan rings is 1. The van der Waals surface area contributed by atoms with E-state index in [1.165, 1.54) is 6.26 Å². The van der Waals surface area contributed by atoms with E-state index in [4.69, 9.17) is 20.8 Å². The summed E-state index contributed by atoms with van der Waals surface area (Å²) in [5.41, 5.74) is 1.28. The Balaban J connectivity index is 2.28. The molecule has 2 rings (SSSR count). The van der Waals surface area contributed by atoms with Gasteiger partial charge in [0.25, 0.3) is 0 Å². The lowest BCUT2D eigenvalue weighted by Gasteiger charge is -2.11. The van der Waals surface area contributed by atoms with Crippen LogP contribution in [0, 0.1) is 0 Å². The van der Waals surface area contributed by atoms with E-state index in [1.54, 1.807) is 12.1 Å². The zero-order valence-electron chi connectivity index (χ0n) is 9.39. The van der Waals surface area contributed by atoms with Crippen LogP contribution in [0.1, 0.15) is 24.2 Å². The standard InChI is InChI=1S/C13H13ClO3/c1-2-16-10-5-3-4-9(8-10)12(15)11-6-7-17-13(11)14/h3-8,12,15H,2H2,1H3. The molecule has 1 aromatic heterocycles. The van der Waals surface area contributed by atoms with Crippen molar-refractivity contribution in [1.82, 2.24) is 0 Å². The second kappa shape index (κ2) is 5.25. The summed E-state index contributed by atoms with van der Waals surface area (Å²) in [4.78, 5) is 0. The van der Waals surface area contributed by atoms with Crippen molar-refractivity contribution in [3.63, 3.8) is 0 Å². The van der Waals surface area contributed by atoms with Crippen LogP contribution >= 0.6 is 11.6 Å². The fourth-order valence-electron chi connectivity index (χ4n) is 1.62. The topological polar surface area (TPSA) is 42.6 Å². The van der Waals surface area contributed by atoms with Crippen molar-refractivity contribution in [2.75, 3.05) is 6.61 Å². The molecule has 4 heteroatoms. The maximum absolute atomic E-state index is 10.2. The minimum absolute atomic E-state index is 0.208. The predicted molar refractivity (Wildman–Crippen MR) is 65.4 cm³/mol. The summed E-state index contributed by atoms with van der Waals surface area (Å²) >= 11 is 5.83. The number of aliphatic hydroxyl groups excluding tert-OH is 1. The number of hydrogen-bond acceptors (Lipinski definition) is 3. The minimum atomic E-state index is -0.804. The summed E-state index contributed by atoms with van der Waals surface area (Å²) in [5, 5.41) is 10.4. The molecule has 0 aliphatic carbocycles. The van der Waals surface area contributed by atoms with Gasteiger partial charge in [-0.2, -0.15) is 0 Å². The number of rotatable bonds is 4. The highest BCUT2D eigenvalue weighted by atomic mass is 35.5. The normalized spacial score (nSPS) is 12.4. The number of halogens is 1. The average molecular weight is 253 g/mol.